The van der Waals surface area contributed by atoms with Gasteiger partial charge in [-0.1, -0.05) is 20.8 Å². The summed E-state index contributed by atoms with van der Waals surface area (Å²) in [4.78, 5) is 27.2. The van der Waals surface area contributed by atoms with E-state index in [9.17, 15) is 9.59 Å². The Morgan fingerprint density at radius 3 is 2.44 bits per heavy atom. The van der Waals surface area contributed by atoms with Gasteiger partial charge in [-0.3, -0.25) is 4.79 Å². The number of hydrogen-bond acceptors (Lipinski definition) is 4. The van der Waals surface area contributed by atoms with Crippen molar-refractivity contribution in [3.63, 3.8) is 0 Å². The average Bonchev–Trinajstić information content (AvgIpc) is 2.85. The Labute approximate surface area is 109 Å². The summed E-state index contributed by atoms with van der Waals surface area (Å²) in [6, 6.07) is 0. The molecule has 1 aliphatic rings. The number of carboxylic acids is 1. The standard InChI is InChI=1S/C12H16N2O3S/c1-11(2,3)9-13-7(6-18-9)8(15)14-12(4-5-12)10(16)17/h6H,4-5H2,1-3H3,(H,14,15)(H,16,17). The van der Waals surface area contributed by atoms with Crippen molar-refractivity contribution < 1.29 is 14.7 Å². The summed E-state index contributed by atoms with van der Waals surface area (Å²) in [6.07, 6.45) is 0.981. The lowest BCUT2D eigenvalue weighted by Gasteiger charge is -2.14. The Morgan fingerprint density at radius 1 is 1.44 bits per heavy atom. The third kappa shape index (κ3) is 2.38. The minimum atomic E-state index is -1.05. The number of rotatable bonds is 3. The van der Waals surface area contributed by atoms with Crippen LogP contribution in [0.1, 0.15) is 49.1 Å². The van der Waals surface area contributed by atoms with Crippen LogP contribution < -0.4 is 5.32 Å². The van der Waals surface area contributed by atoms with Crippen molar-refractivity contribution in [1.29, 1.82) is 0 Å². The molecule has 0 aliphatic heterocycles. The Balaban J connectivity index is 2.11. The summed E-state index contributed by atoms with van der Waals surface area (Å²) in [5, 5.41) is 14.1. The zero-order valence-electron chi connectivity index (χ0n) is 10.6. The zero-order valence-corrected chi connectivity index (χ0v) is 11.4. The van der Waals surface area contributed by atoms with Crippen molar-refractivity contribution in [1.82, 2.24) is 10.3 Å². The number of nitrogens with zero attached hydrogens (tertiary/aromatic N) is 1. The van der Waals surface area contributed by atoms with E-state index in [1.807, 2.05) is 20.8 Å². The molecule has 98 valence electrons. The van der Waals surface area contributed by atoms with Gasteiger partial charge in [0.05, 0.1) is 5.01 Å². The molecule has 1 fully saturated rings. The second-order valence-electron chi connectivity index (χ2n) is 5.63. The molecule has 0 radical (unpaired) electrons. The highest BCUT2D eigenvalue weighted by Gasteiger charge is 2.51. The first-order chi connectivity index (χ1) is 8.24. The van der Waals surface area contributed by atoms with Crippen LogP contribution >= 0.6 is 11.3 Å². The summed E-state index contributed by atoms with van der Waals surface area (Å²) < 4.78 is 0. The van der Waals surface area contributed by atoms with Gasteiger partial charge in [0.15, 0.2) is 0 Å². The van der Waals surface area contributed by atoms with E-state index in [0.29, 0.717) is 18.5 Å². The van der Waals surface area contributed by atoms with Crippen LogP contribution in [-0.2, 0) is 10.2 Å². The van der Waals surface area contributed by atoms with Gasteiger partial charge in [-0.25, -0.2) is 9.78 Å². The van der Waals surface area contributed by atoms with E-state index in [-0.39, 0.29) is 5.41 Å². The third-order valence-electron chi connectivity index (χ3n) is 2.89. The zero-order chi connectivity index (χ0) is 13.6. The molecule has 1 aromatic heterocycles. The number of aromatic nitrogens is 1. The summed E-state index contributed by atoms with van der Waals surface area (Å²) in [6.45, 7) is 6.06. The number of carbonyl (C=O) groups excluding carboxylic acids is 1. The molecule has 6 heteroatoms. The molecule has 0 bridgehead atoms. The van der Waals surface area contributed by atoms with Crippen molar-refractivity contribution in [2.45, 2.75) is 44.6 Å². The summed E-state index contributed by atoms with van der Waals surface area (Å²) >= 11 is 1.42. The molecule has 1 amide bonds. The first-order valence-electron chi connectivity index (χ1n) is 5.76. The van der Waals surface area contributed by atoms with Crippen LogP contribution in [0.2, 0.25) is 0 Å². The maximum absolute atomic E-state index is 11.9. The van der Waals surface area contributed by atoms with Gasteiger partial charge in [0, 0.05) is 10.8 Å². The fourth-order valence-electron chi connectivity index (χ4n) is 1.52. The molecule has 1 aromatic rings. The van der Waals surface area contributed by atoms with Gasteiger partial charge < -0.3 is 10.4 Å². The first-order valence-corrected chi connectivity index (χ1v) is 6.64. The smallest absolute Gasteiger partial charge is 0.329 e. The molecule has 0 spiro atoms. The number of thiazole rings is 1. The van der Waals surface area contributed by atoms with Gasteiger partial charge in [-0.15, -0.1) is 11.3 Å². The van der Waals surface area contributed by atoms with Crippen LogP contribution in [0, 0.1) is 0 Å². The lowest BCUT2D eigenvalue weighted by molar-refractivity contribution is -0.140. The van der Waals surface area contributed by atoms with Crippen molar-refractivity contribution in [3.8, 4) is 0 Å². The molecule has 18 heavy (non-hydrogen) atoms. The minimum absolute atomic E-state index is 0.104. The fraction of sp³-hybridized carbons (Fsp3) is 0.583. The second-order valence-corrected chi connectivity index (χ2v) is 6.49. The third-order valence-corrected chi connectivity index (χ3v) is 4.16. The Morgan fingerprint density at radius 2 is 2.06 bits per heavy atom. The van der Waals surface area contributed by atoms with E-state index >= 15 is 0 Å². The summed E-state index contributed by atoms with van der Waals surface area (Å²) in [5.41, 5.74) is -0.854. The largest absolute Gasteiger partial charge is 0.480 e. The highest BCUT2D eigenvalue weighted by Crippen LogP contribution is 2.36. The molecular weight excluding hydrogens is 252 g/mol. The van der Waals surface area contributed by atoms with Crippen molar-refractivity contribution in [2.75, 3.05) is 0 Å². The number of hydrogen-bond donors (Lipinski definition) is 2. The summed E-state index contributed by atoms with van der Waals surface area (Å²) in [7, 11) is 0. The van der Waals surface area contributed by atoms with Gasteiger partial charge in [0.2, 0.25) is 0 Å². The normalized spacial score (nSPS) is 17.3. The van der Waals surface area contributed by atoms with E-state index in [1.54, 1.807) is 5.38 Å². The van der Waals surface area contributed by atoms with Crippen LogP contribution in [0.3, 0.4) is 0 Å². The average molecular weight is 268 g/mol. The van der Waals surface area contributed by atoms with Crippen LogP contribution in [0.5, 0.6) is 0 Å². The molecule has 0 unspecified atom stereocenters. The quantitative estimate of drug-likeness (QED) is 0.876. The van der Waals surface area contributed by atoms with Crippen LogP contribution in [0.4, 0.5) is 0 Å². The number of aliphatic carboxylic acids is 1. The van der Waals surface area contributed by atoms with Crippen LogP contribution in [0.15, 0.2) is 5.38 Å². The molecule has 1 heterocycles. The maximum Gasteiger partial charge on any atom is 0.329 e. The van der Waals surface area contributed by atoms with Crippen molar-refractivity contribution in [2.24, 2.45) is 0 Å². The van der Waals surface area contributed by atoms with Gasteiger partial charge in [0.25, 0.3) is 5.91 Å². The molecule has 0 atom stereocenters. The Hall–Kier alpha value is -1.43. The molecule has 1 aliphatic carbocycles. The van der Waals surface area contributed by atoms with Gasteiger partial charge in [0.1, 0.15) is 11.2 Å². The highest BCUT2D eigenvalue weighted by atomic mass is 32.1. The lowest BCUT2D eigenvalue weighted by Crippen LogP contribution is -2.43. The maximum atomic E-state index is 11.9. The number of carboxylic acid groups (broad SMARTS) is 1. The topological polar surface area (TPSA) is 79.3 Å². The first kappa shape index (κ1) is 13.0. The van der Waals surface area contributed by atoms with Gasteiger partial charge >= 0.3 is 5.97 Å². The molecule has 2 rings (SSSR count). The van der Waals surface area contributed by atoms with Crippen molar-refractivity contribution in [3.05, 3.63) is 16.1 Å². The predicted molar refractivity (Wildman–Crippen MR) is 67.9 cm³/mol. The second kappa shape index (κ2) is 4.05. The molecule has 0 saturated heterocycles. The Bertz CT molecular complexity index is 498. The molecule has 2 N–H and O–H groups in total. The van der Waals surface area contributed by atoms with Crippen molar-refractivity contribution >= 4 is 23.2 Å². The predicted octanol–water partition coefficient (Wildman–Crippen LogP) is 1.79. The van der Waals surface area contributed by atoms with E-state index in [0.717, 1.165) is 5.01 Å². The minimum Gasteiger partial charge on any atom is -0.480 e. The molecule has 5 nitrogen and oxygen atoms in total. The van der Waals surface area contributed by atoms with E-state index in [4.69, 9.17) is 5.11 Å². The van der Waals surface area contributed by atoms with Crippen LogP contribution in [-0.4, -0.2) is 27.5 Å². The van der Waals surface area contributed by atoms with E-state index < -0.39 is 17.4 Å². The molecule has 0 aromatic carbocycles. The Kier molecular flexibility index (Phi) is 2.93. The fourth-order valence-corrected chi connectivity index (χ4v) is 2.41. The highest BCUT2D eigenvalue weighted by molar-refractivity contribution is 7.10. The monoisotopic (exact) mass is 268 g/mol. The number of nitrogens with one attached hydrogen (secondary N) is 1. The van der Waals surface area contributed by atoms with Gasteiger partial charge in [-0.2, -0.15) is 0 Å². The molecular formula is C12H16N2O3S. The summed E-state index contributed by atoms with van der Waals surface area (Å²) in [5.74, 6) is -1.37. The SMILES string of the molecule is CC(C)(C)c1nc(C(=O)NC2(C(=O)O)CC2)cs1. The van der Waals surface area contributed by atoms with E-state index in [1.165, 1.54) is 11.3 Å². The number of carbonyl (C=O) groups is 2. The van der Waals surface area contributed by atoms with Gasteiger partial charge in [-0.05, 0) is 12.8 Å². The van der Waals surface area contributed by atoms with E-state index in [2.05, 4.69) is 10.3 Å². The molecule has 1 saturated carbocycles. The lowest BCUT2D eigenvalue weighted by atomic mass is 9.98. The van der Waals surface area contributed by atoms with Crippen LogP contribution in [0.25, 0.3) is 0 Å². The number of amides is 1.